The summed E-state index contributed by atoms with van der Waals surface area (Å²) in [6, 6.07) is 17.9. The zero-order valence-corrected chi connectivity index (χ0v) is 18.1. The maximum atomic E-state index is 12.9. The zero-order valence-electron chi connectivity index (χ0n) is 17.4. The van der Waals surface area contributed by atoms with Gasteiger partial charge in [0.1, 0.15) is 18.0 Å². The number of fused-ring (bicyclic) bond motifs is 3. The predicted octanol–water partition coefficient (Wildman–Crippen LogP) is 5.89. The van der Waals surface area contributed by atoms with Crippen LogP contribution in [0.25, 0.3) is 10.8 Å². The minimum Gasteiger partial charge on any atom is -0.472 e. The first-order valence-electron chi connectivity index (χ1n) is 10.0. The third-order valence-corrected chi connectivity index (χ3v) is 5.35. The normalized spacial score (nSPS) is 15.9. The summed E-state index contributed by atoms with van der Waals surface area (Å²) in [7, 11) is 0. The molecule has 0 saturated heterocycles. The van der Waals surface area contributed by atoms with Gasteiger partial charge in [0.25, 0.3) is 0 Å². The van der Waals surface area contributed by atoms with Gasteiger partial charge in [0.2, 0.25) is 5.88 Å². The number of anilines is 1. The molecule has 3 aromatic rings. The second kappa shape index (κ2) is 8.15. The van der Waals surface area contributed by atoms with Crippen LogP contribution in [-0.4, -0.2) is 29.1 Å². The van der Waals surface area contributed by atoms with Gasteiger partial charge in [-0.2, -0.15) is 4.98 Å². The van der Waals surface area contributed by atoms with Gasteiger partial charge in [-0.3, -0.25) is 4.90 Å². The maximum Gasteiger partial charge on any atom is 0.416 e. The highest BCUT2D eigenvalue weighted by molar-refractivity contribution is 6.19. The zero-order chi connectivity index (χ0) is 21.3. The molecule has 1 aliphatic heterocycles. The van der Waals surface area contributed by atoms with Gasteiger partial charge < -0.3 is 9.47 Å². The monoisotopic (exact) mass is 424 g/mol. The molecule has 6 heteroatoms. The van der Waals surface area contributed by atoms with Gasteiger partial charge in [0.15, 0.2) is 0 Å². The van der Waals surface area contributed by atoms with E-state index in [1.165, 1.54) is 0 Å². The van der Waals surface area contributed by atoms with Crippen LogP contribution in [0.2, 0.25) is 0 Å². The van der Waals surface area contributed by atoms with Crippen LogP contribution in [-0.2, 0) is 11.3 Å². The lowest BCUT2D eigenvalue weighted by molar-refractivity contribution is 0.0581. The van der Waals surface area contributed by atoms with Crippen molar-refractivity contribution in [1.29, 1.82) is 0 Å². The molecule has 1 aliphatic rings. The SMILES string of the molecule is CC(C)(C)OC(=O)N1C[C@@H](CCl)c2c1nc(OCc1ccccc1)c1ccccc21. The van der Waals surface area contributed by atoms with Gasteiger partial charge in [-0.15, -0.1) is 11.6 Å². The van der Waals surface area contributed by atoms with E-state index in [1.54, 1.807) is 4.90 Å². The molecule has 0 aliphatic carbocycles. The van der Waals surface area contributed by atoms with E-state index in [0.717, 1.165) is 21.9 Å². The molecule has 1 atom stereocenters. The Hall–Kier alpha value is -2.79. The van der Waals surface area contributed by atoms with Gasteiger partial charge in [-0.05, 0) is 37.8 Å². The molecule has 1 aromatic heterocycles. The molecule has 0 spiro atoms. The molecule has 5 nitrogen and oxygen atoms in total. The molecule has 2 aromatic carbocycles. The number of carbonyl (C=O) groups excluding carboxylic acids is 1. The summed E-state index contributed by atoms with van der Waals surface area (Å²) in [4.78, 5) is 19.2. The van der Waals surface area contributed by atoms with Crippen LogP contribution in [0.1, 0.15) is 37.8 Å². The Morgan fingerprint density at radius 2 is 1.77 bits per heavy atom. The number of hydrogen-bond donors (Lipinski definition) is 0. The minimum absolute atomic E-state index is 0.0187. The second-order valence-electron chi connectivity index (χ2n) is 8.42. The average molecular weight is 425 g/mol. The fraction of sp³-hybridized carbons (Fsp3) is 0.333. The van der Waals surface area contributed by atoms with Crippen molar-refractivity contribution in [3.05, 3.63) is 65.7 Å². The number of ether oxygens (including phenoxy) is 2. The van der Waals surface area contributed by atoms with E-state index in [0.29, 0.717) is 30.7 Å². The maximum absolute atomic E-state index is 12.9. The molecule has 0 fully saturated rings. The number of aromatic nitrogens is 1. The third-order valence-electron chi connectivity index (χ3n) is 4.98. The van der Waals surface area contributed by atoms with E-state index < -0.39 is 11.7 Å². The Morgan fingerprint density at radius 1 is 1.10 bits per heavy atom. The van der Waals surface area contributed by atoms with Gasteiger partial charge in [-0.1, -0.05) is 48.5 Å². The Kier molecular flexibility index (Phi) is 5.56. The molecule has 0 N–H and O–H groups in total. The summed E-state index contributed by atoms with van der Waals surface area (Å²) in [5.41, 5.74) is 1.42. The van der Waals surface area contributed by atoms with Crippen LogP contribution in [0.3, 0.4) is 0 Å². The fourth-order valence-electron chi connectivity index (χ4n) is 3.69. The van der Waals surface area contributed by atoms with Crippen molar-refractivity contribution < 1.29 is 14.3 Å². The predicted molar refractivity (Wildman–Crippen MR) is 120 cm³/mol. The Labute approximate surface area is 181 Å². The third kappa shape index (κ3) is 4.08. The number of amides is 1. The van der Waals surface area contributed by atoms with Crippen molar-refractivity contribution in [2.75, 3.05) is 17.3 Å². The lowest BCUT2D eigenvalue weighted by Gasteiger charge is -2.24. The van der Waals surface area contributed by atoms with Crippen LogP contribution >= 0.6 is 11.6 Å². The molecule has 4 rings (SSSR count). The number of hydrogen-bond acceptors (Lipinski definition) is 4. The summed E-state index contributed by atoms with van der Waals surface area (Å²) in [5, 5.41) is 1.91. The van der Waals surface area contributed by atoms with Gasteiger partial charge in [0, 0.05) is 29.3 Å². The first kappa shape index (κ1) is 20.5. The molecule has 0 radical (unpaired) electrons. The first-order chi connectivity index (χ1) is 14.4. The number of rotatable bonds is 4. The lowest BCUT2D eigenvalue weighted by Crippen LogP contribution is -2.36. The van der Waals surface area contributed by atoms with E-state index in [2.05, 4.69) is 0 Å². The number of halogens is 1. The number of benzene rings is 2. The van der Waals surface area contributed by atoms with E-state index in [1.807, 2.05) is 75.4 Å². The molecule has 2 heterocycles. The Balaban J connectivity index is 1.77. The Bertz CT molecular complexity index is 1060. The summed E-state index contributed by atoms with van der Waals surface area (Å²) < 4.78 is 11.7. The summed E-state index contributed by atoms with van der Waals surface area (Å²) >= 11 is 6.28. The molecular formula is C24H25ClN2O3. The molecule has 0 unspecified atom stereocenters. The van der Waals surface area contributed by atoms with Crippen molar-refractivity contribution in [2.24, 2.45) is 0 Å². The van der Waals surface area contributed by atoms with Crippen molar-refractivity contribution in [1.82, 2.24) is 4.98 Å². The summed E-state index contributed by atoms with van der Waals surface area (Å²) in [6.45, 7) is 6.38. The first-order valence-corrected chi connectivity index (χ1v) is 10.6. The number of nitrogens with zero attached hydrogens (tertiary/aromatic N) is 2. The standard InChI is InChI=1S/C24H25ClN2O3/c1-24(2,3)30-23(28)27-14-17(13-25)20-18-11-7-8-12-19(18)22(26-21(20)27)29-15-16-9-5-4-6-10-16/h4-12,17H,13-15H2,1-3H3/t17-/m1/s1. The highest BCUT2D eigenvalue weighted by Gasteiger charge is 2.38. The van der Waals surface area contributed by atoms with Crippen LogP contribution in [0.15, 0.2) is 54.6 Å². The van der Waals surface area contributed by atoms with Gasteiger partial charge in [-0.25, -0.2) is 4.79 Å². The molecule has 156 valence electrons. The largest absolute Gasteiger partial charge is 0.472 e. The summed E-state index contributed by atoms with van der Waals surface area (Å²) in [6.07, 6.45) is -0.423. The highest BCUT2D eigenvalue weighted by Crippen LogP contribution is 2.43. The van der Waals surface area contributed by atoms with Crippen molar-refractivity contribution >= 4 is 34.3 Å². The molecule has 0 bridgehead atoms. The minimum atomic E-state index is -0.597. The lowest BCUT2D eigenvalue weighted by atomic mass is 9.98. The molecular weight excluding hydrogens is 400 g/mol. The number of carbonyl (C=O) groups is 1. The second-order valence-corrected chi connectivity index (χ2v) is 8.72. The van der Waals surface area contributed by atoms with Gasteiger partial charge >= 0.3 is 6.09 Å². The average Bonchev–Trinajstić information content (AvgIpc) is 3.10. The Morgan fingerprint density at radius 3 is 2.43 bits per heavy atom. The van der Waals surface area contributed by atoms with E-state index in [4.69, 9.17) is 26.1 Å². The highest BCUT2D eigenvalue weighted by atomic mass is 35.5. The van der Waals surface area contributed by atoms with Crippen LogP contribution in [0.5, 0.6) is 5.88 Å². The molecule has 30 heavy (non-hydrogen) atoms. The molecule has 1 amide bonds. The van der Waals surface area contributed by atoms with E-state index in [9.17, 15) is 4.79 Å². The van der Waals surface area contributed by atoms with Crippen molar-refractivity contribution in [3.63, 3.8) is 0 Å². The van der Waals surface area contributed by atoms with Gasteiger partial charge in [0.05, 0.1) is 0 Å². The quantitative estimate of drug-likeness (QED) is 0.490. The van der Waals surface area contributed by atoms with E-state index >= 15 is 0 Å². The number of pyridine rings is 1. The van der Waals surface area contributed by atoms with Crippen LogP contribution in [0.4, 0.5) is 10.6 Å². The van der Waals surface area contributed by atoms with Crippen molar-refractivity contribution in [3.8, 4) is 5.88 Å². The van der Waals surface area contributed by atoms with Crippen LogP contribution in [0, 0.1) is 0 Å². The summed E-state index contributed by atoms with van der Waals surface area (Å²) in [5.74, 6) is 1.44. The topological polar surface area (TPSA) is 51.7 Å². The number of alkyl halides is 1. The fourth-order valence-corrected chi connectivity index (χ4v) is 3.94. The van der Waals surface area contributed by atoms with E-state index in [-0.39, 0.29) is 5.92 Å². The molecule has 0 saturated carbocycles. The van der Waals surface area contributed by atoms with Crippen LogP contribution < -0.4 is 9.64 Å². The smallest absolute Gasteiger partial charge is 0.416 e. The van der Waals surface area contributed by atoms with Crippen molar-refractivity contribution in [2.45, 2.75) is 38.9 Å².